The number of nitrogens with one attached hydrogen (secondary N) is 2. The van der Waals surface area contributed by atoms with Crippen molar-refractivity contribution in [3.8, 4) is 0 Å². The van der Waals surface area contributed by atoms with Gasteiger partial charge < -0.3 is 10.6 Å². The Morgan fingerprint density at radius 3 is 2.46 bits per heavy atom. The van der Waals surface area contributed by atoms with Crippen LogP contribution in [0.25, 0.3) is 0 Å². The van der Waals surface area contributed by atoms with Crippen LogP contribution in [-0.4, -0.2) is 49.3 Å². The minimum absolute atomic E-state index is 0.124. The van der Waals surface area contributed by atoms with Crippen LogP contribution in [0.5, 0.6) is 0 Å². The van der Waals surface area contributed by atoms with Crippen LogP contribution in [0.1, 0.15) is 52.3 Å². The molecule has 3 heterocycles. The van der Waals surface area contributed by atoms with E-state index in [2.05, 4.69) is 51.8 Å². The molecule has 2 aromatic rings. The Balaban J connectivity index is 1.36. The number of tetrazole rings is 1. The van der Waals surface area contributed by atoms with Crippen molar-refractivity contribution in [3.63, 3.8) is 0 Å². The Morgan fingerprint density at radius 1 is 1.14 bits per heavy atom. The molecule has 8 nitrogen and oxygen atoms in total. The van der Waals surface area contributed by atoms with Crippen LogP contribution >= 0.6 is 0 Å². The molecule has 0 saturated carbocycles. The zero-order chi connectivity index (χ0) is 19.7. The van der Waals surface area contributed by atoms with E-state index in [4.69, 9.17) is 0 Å². The van der Waals surface area contributed by atoms with E-state index in [1.807, 2.05) is 35.0 Å². The van der Waals surface area contributed by atoms with Gasteiger partial charge in [-0.15, -0.1) is 5.10 Å². The molecule has 28 heavy (non-hydrogen) atoms. The molecule has 2 atom stereocenters. The van der Waals surface area contributed by atoms with Gasteiger partial charge in [-0.05, 0) is 69.0 Å². The zero-order valence-electron chi connectivity index (χ0n) is 16.8. The van der Waals surface area contributed by atoms with E-state index in [-0.39, 0.29) is 17.6 Å². The van der Waals surface area contributed by atoms with Crippen molar-refractivity contribution in [1.29, 1.82) is 0 Å². The van der Waals surface area contributed by atoms with Gasteiger partial charge in [-0.2, -0.15) is 0 Å². The Hall–Kier alpha value is -2.48. The lowest BCUT2D eigenvalue weighted by Crippen LogP contribution is -2.51. The molecule has 2 unspecified atom stereocenters. The molecule has 2 amide bonds. The monoisotopic (exact) mass is 383 g/mol. The summed E-state index contributed by atoms with van der Waals surface area (Å²) in [6, 6.07) is 10.6. The summed E-state index contributed by atoms with van der Waals surface area (Å²) in [5.74, 6) is 0.914. The number of benzene rings is 1. The zero-order valence-corrected chi connectivity index (χ0v) is 16.8. The van der Waals surface area contributed by atoms with Gasteiger partial charge in [0.25, 0.3) is 0 Å². The van der Waals surface area contributed by atoms with Crippen molar-refractivity contribution in [3.05, 3.63) is 36.2 Å². The predicted octanol–water partition coefficient (Wildman–Crippen LogP) is 2.75. The average molecular weight is 384 g/mol. The van der Waals surface area contributed by atoms with Crippen LogP contribution in [-0.2, 0) is 12.1 Å². The lowest BCUT2D eigenvalue weighted by molar-refractivity contribution is 0.105. The standard InChI is InChI=1S/C20H29N7O/c1-20(2,3)27-18(23-24-25-27)13-26-16-9-10-17(26)12-15(11-16)22-19(28)21-14-7-5-4-6-8-14/h4-8,15-17H,9-13H2,1-3H3,(H2,21,22,28). The fraction of sp³-hybridized carbons (Fsp3) is 0.600. The number of carbonyl (C=O) groups excluding carboxylic acids is 1. The van der Waals surface area contributed by atoms with Gasteiger partial charge in [-0.25, -0.2) is 9.48 Å². The van der Waals surface area contributed by atoms with E-state index in [1.165, 1.54) is 12.8 Å². The third kappa shape index (κ3) is 4.01. The van der Waals surface area contributed by atoms with Crippen LogP contribution < -0.4 is 10.6 Å². The number of rotatable bonds is 4. The van der Waals surface area contributed by atoms with E-state index in [0.717, 1.165) is 30.9 Å². The molecule has 8 heteroatoms. The van der Waals surface area contributed by atoms with Gasteiger partial charge in [-0.1, -0.05) is 18.2 Å². The number of hydrogen-bond donors (Lipinski definition) is 2. The summed E-state index contributed by atoms with van der Waals surface area (Å²) in [4.78, 5) is 14.9. The lowest BCUT2D eigenvalue weighted by Gasteiger charge is -2.39. The fourth-order valence-corrected chi connectivity index (χ4v) is 4.51. The highest BCUT2D eigenvalue weighted by Gasteiger charge is 2.42. The number of carbonyl (C=O) groups is 1. The second-order valence-corrected chi connectivity index (χ2v) is 8.87. The number of amides is 2. The highest BCUT2D eigenvalue weighted by atomic mass is 16.2. The molecular formula is C20H29N7O. The Kier molecular flexibility index (Phi) is 5.05. The third-order valence-corrected chi connectivity index (χ3v) is 5.74. The van der Waals surface area contributed by atoms with Crippen molar-refractivity contribution < 1.29 is 4.79 Å². The molecule has 2 saturated heterocycles. The summed E-state index contributed by atoms with van der Waals surface area (Å²) < 4.78 is 1.92. The molecule has 2 aliphatic heterocycles. The molecule has 2 aliphatic rings. The van der Waals surface area contributed by atoms with E-state index in [9.17, 15) is 4.79 Å². The summed E-state index contributed by atoms with van der Waals surface area (Å²) in [6.45, 7) is 7.11. The molecule has 1 aromatic carbocycles. The van der Waals surface area contributed by atoms with Gasteiger partial charge in [-0.3, -0.25) is 4.90 Å². The molecule has 4 rings (SSSR count). The van der Waals surface area contributed by atoms with Crippen LogP contribution in [0.3, 0.4) is 0 Å². The van der Waals surface area contributed by atoms with Crippen LogP contribution in [0.15, 0.2) is 30.3 Å². The molecule has 0 aliphatic carbocycles. The largest absolute Gasteiger partial charge is 0.335 e. The van der Waals surface area contributed by atoms with Crippen LogP contribution in [0.4, 0.5) is 10.5 Å². The highest BCUT2D eigenvalue weighted by Crippen LogP contribution is 2.37. The minimum Gasteiger partial charge on any atom is -0.335 e. The SMILES string of the molecule is CC(C)(C)n1nnnc1CN1C2CCC1CC(NC(=O)Nc1ccccc1)C2. The minimum atomic E-state index is -0.132. The molecule has 0 spiro atoms. The smallest absolute Gasteiger partial charge is 0.319 e. The van der Waals surface area contributed by atoms with E-state index < -0.39 is 0 Å². The number of para-hydroxylation sites is 1. The summed E-state index contributed by atoms with van der Waals surface area (Å²) in [5, 5.41) is 18.4. The van der Waals surface area contributed by atoms with E-state index >= 15 is 0 Å². The summed E-state index contributed by atoms with van der Waals surface area (Å²) in [7, 11) is 0. The number of piperidine rings is 1. The molecule has 0 radical (unpaired) electrons. The Labute approximate surface area is 165 Å². The number of aromatic nitrogens is 4. The number of anilines is 1. The first kappa shape index (κ1) is 18.9. The molecule has 150 valence electrons. The van der Waals surface area contributed by atoms with Gasteiger partial charge >= 0.3 is 6.03 Å². The first-order valence-corrected chi connectivity index (χ1v) is 10.1. The average Bonchev–Trinajstić information content (AvgIpc) is 3.19. The van der Waals surface area contributed by atoms with Gasteiger partial charge in [0.2, 0.25) is 0 Å². The van der Waals surface area contributed by atoms with Gasteiger partial charge in [0.1, 0.15) is 0 Å². The highest BCUT2D eigenvalue weighted by molar-refractivity contribution is 5.89. The molecule has 2 bridgehead atoms. The number of nitrogens with zero attached hydrogens (tertiary/aromatic N) is 5. The van der Waals surface area contributed by atoms with Crippen LogP contribution in [0.2, 0.25) is 0 Å². The summed E-state index contributed by atoms with van der Waals surface area (Å²) >= 11 is 0. The predicted molar refractivity (Wildman–Crippen MR) is 107 cm³/mol. The van der Waals surface area contributed by atoms with E-state index in [1.54, 1.807) is 0 Å². The van der Waals surface area contributed by atoms with Gasteiger partial charge in [0, 0.05) is 23.8 Å². The molecule has 2 fully saturated rings. The second-order valence-electron chi connectivity index (χ2n) is 8.87. The van der Waals surface area contributed by atoms with E-state index in [0.29, 0.717) is 12.1 Å². The Bertz CT molecular complexity index is 799. The van der Waals surface area contributed by atoms with Crippen molar-refractivity contribution in [2.45, 2.75) is 76.7 Å². The van der Waals surface area contributed by atoms with Gasteiger partial charge in [0.15, 0.2) is 5.82 Å². The maximum absolute atomic E-state index is 12.3. The van der Waals surface area contributed by atoms with Crippen molar-refractivity contribution in [2.75, 3.05) is 5.32 Å². The molecule has 2 N–H and O–H groups in total. The number of urea groups is 1. The van der Waals surface area contributed by atoms with Crippen LogP contribution in [0, 0.1) is 0 Å². The summed E-state index contributed by atoms with van der Waals surface area (Å²) in [5.41, 5.74) is 0.683. The first-order chi connectivity index (χ1) is 13.4. The maximum Gasteiger partial charge on any atom is 0.319 e. The summed E-state index contributed by atoms with van der Waals surface area (Å²) in [6.07, 6.45) is 4.27. The number of fused-ring (bicyclic) bond motifs is 2. The van der Waals surface area contributed by atoms with Crippen molar-refractivity contribution in [1.82, 2.24) is 30.4 Å². The lowest BCUT2D eigenvalue weighted by atomic mass is 9.97. The fourth-order valence-electron chi connectivity index (χ4n) is 4.51. The Morgan fingerprint density at radius 2 is 1.82 bits per heavy atom. The first-order valence-electron chi connectivity index (χ1n) is 10.1. The maximum atomic E-state index is 12.3. The van der Waals surface area contributed by atoms with Crippen molar-refractivity contribution >= 4 is 11.7 Å². The van der Waals surface area contributed by atoms with Crippen molar-refractivity contribution in [2.24, 2.45) is 0 Å². The van der Waals surface area contributed by atoms with Gasteiger partial charge in [0.05, 0.1) is 12.1 Å². The molecule has 1 aromatic heterocycles. The third-order valence-electron chi connectivity index (χ3n) is 5.74. The topological polar surface area (TPSA) is 88.0 Å². The second kappa shape index (κ2) is 7.50. The normalized spacial score (nSPS) is 24.9. The number of hydrogen-bond acceptors (Lipinski definition) is 5. The molecular weight excluding hydrogens is 354 g/mol. The quantitative estimate of drug-likeness (QED) is 0.848.